The van der Waals surface area contributed by atoms with Crippen LogP contribution in [0.25, 0.3) is 0 Å². The number of hydrogen-bond donors (Lipinski definition) is 0. The third-order valence-corrected chi connectivity index (χ3v) is 1.11. The van der Waals surface area contributed by atoms with E-state index < -0.39 is 0 Å². The fourth-order valence-corrected chi connectivity index (χ4v) is 0.557. The molecule has 19 heavy (non-hydrogen) atoms. The van der Waals surface area contributed by atoms with Crippen LogP contribution < -0.4 is 10.2 Å². The van der Waals surface area contributed by atoms with E-state index in [-0.39, 0.29) is 50.2 Å². The van der Waals surface area contributed by atoms with Gasteiger partial charge in [-0.25, -0.2) is 9.97 Å². The maximum atomic E-state index is 10.1. The first-order chi connectivity index (χ1) is 6.79. The minimum Gasteiger partial charge on any atom is -0.859 e. The van der Waals surface area contributed by atoms with Crippen LogP contribution in [0.3, 0.4) is 0 Å². The van der Waals surface area contributed by atoms with Gasteiger partial charge in [0.1, 0.15) is 12.7 Å². The zero-order chi connectivity index (χ0) is 10.2. The standard InChI is InChI=1S/2C4H4N2O.Ni.4H2O/c2*7-4-1-2-5-3-6-4;;;;;/h2*1-3H,(H,5,6,7);;4*1H2/q;;+2;;;;/p-2. The minimum absolute atomic E-state index is 0. The zero-order valence-corrected chi connectivity index (χ0v) is 10.4. The predicted octanol–water partition coefficient (Wildman–Crippen LogP) is -4.20. The van der Waals surface area contributed by atoms with Crippen LogP contribution in [-0.2, 0) is 16.5 Å². The summed E-state index contributed by atoms with van der Waals surface area (Å²) in [7, 11) is 0. The molecule has 0 amide bonds. The van der Waals surface area contributed by atoms with Crippen LogP contribution in [-0.4, -0.2) is 41.8 Å². The van der Waals surface area contributed by atoms with E-state index in [4.69, 9.17) is 0 Å². The van der Waals surface area contributed by atoms with E-state index in [1.54, 1.807) is 0 Å². The van der Waals surface area contributed by atoms with E-state index >= 15 is 0 Å². The number of hydrogen-bond acceptors (Lipinski definition) is 6. The van der Waals surface area contributed by atoms with E-state index in [9.17, 15) is 10.2 Å². The molecule has 0 unspecified atom stereocenters. The molecule has 11 heteroatoms. The van der Waals surface area contributed by atoms with Crippen molar-refractivity contribution in [2.45, 2.75) is 0 Å². The fourth-order valence-electron chi connectivity index (χ4n) is 0.557. The van der Waals surface area contributed by atoms with Gasteiger partial charge in [-0.1, -0.05) is 0 Å². The third kappa shape index (κ3) is 16.1. The molecule has 0 aromatic carbocycles. The average Bonchev–Trinajstić information content (AvgIpc) is 2.21. The van der Waals surface area contributed by atoms with Crippen molar-refractivity contribution >= 4 is 0 Å². The largest absolute Gasteiger partial charge is 2.00 e. The van der Waals surface area contributed by atoms with Crippen LogP contribution in [0.1, 0.15) is 0 Å². The maximum absolute atomic E-state index is 10.1. The Bertz CT molecular complexity index is 331. The molecular formula is C8H14N4NiO6. The summed E-state index contributed by atoms with van der Waals surface area (Å²) in [5, 5.41) is 20.2. The molecule has 2 heterocycles. The van der Waals surface area contributed by atoms with Crippen molar-refractivity contribution in [3.8, 4) is 11.8 Å². The molecule has 0 aliphatic carbocycles. The first-order valence-electron chi connectivity index (χ1n) is 3.65. The summed E-state index contributed by atoms with van der Waals surface area (Å²) < 4.78 is 0. The second-order valence-electron chi connectivity index (χ2n) is 2.10. The molecule has 0 bridgehead atoms. The van der Waals surface area contributed by atoms with Gasteiger partial charge in [0.15, 0.2) is 0 Å². The topological polar surface area (TPSA) is 224 Å². The molecule has 0 radical (unpaired) electrons. The smallest absolute Gasteiger partial charge is 0.859 e. The first-order valence-corrected chi connectivity index (χ1v) is 3.65. The molecule has 2 rings (SSSR count). The van der Waals surface area contributed by atoms with Crippen molar-refractivity contribution in [2.24, 2.45) is 0 Å². The zero-order valence-electron chi connectivity index (χ0n) is 9.39. The van der Waals surface area contributed by atoms with Crippen molar-refractivity contribution in [3.05, 3.63) is 37.2 Å². The average molecular weight is 321 g/mol. The summed E-state index contributed by atoms with van der Waals surface area (Å²) in [6.07, 6.45) is 5.27. The van der Waals surface area contributed by atoms with Crippen molar-refractivity contribution < 1.29 is 48.6 Å². The van der Waals surface area contributed by atoms with Crippen molar-refractivity contribution in [2.75, 3.05) is 0 Å². The molecule has 0 saturated heterocycles. The molecule has 0 saturated carbocycles. The molecule has 0 aliphatic rings. The molecule has 10 nitrogen and oxygen atoms in total. The Balaban J connectivity index is -0.0000000544. The third-order valence-electron chi connectivity index (χ3n) is 1.11. The molecule has 0 aliphatic heterocycles. The molecular weight excluding hydrogens is 307 g/mol. The van der Waals surface area contributed by atoms with E-state index in [0.29, 0.717) is 0 Å². The Labute approximate surface area is 118 Å². The quantitative estimate of drug-likeness (QED) is 0.436. The van der Waals surface area contributed by atoms with Gasteiger partial charge in [0.2, 0.25) is 0 Å². The normalized spacial score (nSPS) is 6.32. The van der Waals surface area contributed by atoms with Gasteiger partial charge in [0, 0.05) is 12.4 Å². The van der Waals surface area contributed by atoms with Gasteiger partial charge in [-0.3, -0.25) is 9.97 Å². The number of nitrogens with zero attached hydrogens (tertiary/aromatic N) is 4. The van der Waals surface area contributed by atoms with E-state index in [2.05, 4.69) is 19.9 Å². The molecule has 8 N–H and O–H groups in total. The second kappa shape index (κ2) is 18.5. The van der Waals surface area contributed by atoms with Gasteiger partial charge < -0.3 is 32.1 Å². The van der Waals surface area contributed by atoms with Gasteiger partial charge in [-0.05, 0) is 23.9 Å². The van der Waals surface area contributed by atoms with E-state index in [1.165, 1.54) is 37.2 Å². The summed E-state index contributed by atoms with van der Waals surface area (Å²) >= 11 is 0. The Hall–Kier alpha value is -1.91. The summed E-state index contributed by atoms with van der Waals surface area (Å²) in [6, 6.07) is 2.61. The summed E-state index contributed by atoms with van der Waals surface area (Å²) in [5.74, 6) is -0.481. The Morgan fingerprint density at radius 2 is 1.00 bits per heavy atom. The van der Waals surface area contributed by atoms with Gasteiger partial charge >= 0.3 is 16.5 Å². The van der Waals surface area contributed by atoms with Crippen LogP contribution >= 0.6 is 0 Å². The van der Waals surface area contributed by atoms with Gasteiger partial charge in [0.25, 0.3) is 0 Å². The van der Waals surface area contributed by atoms with Crippen LogP contribution in [0.2, 0.25) is 0 Å². The van der Waals surface area contributed by atoms with Crippen LogP contribution in [0, 0.1) is 0 Å². The SMILES string of the molecule is O.O.O.O.[Ni+2].[O-]c1ccncn1.[O-]c1ccncn1. The second-order valence-corrected chi connectivity index (χ2v) is 2.10. The Morgan fingerprint density at radius 3 is 1.11 bits per heavy atom. The number of aromatic nitrogens is 4. The molecule has 2 aromatic heterocycles. The molecule has 2 aromatic rings. The summed E-state index contributed by atoms with van der Waals surface area (Å²) in [6.45, 7) is 0. The van der Waals surface area contributed by atoms with Gasteiger partial charge in [-0.2, -0.15) is 0 Å². The Kier molecular flexibility index (Phi) is 29.4. The minimum atomic E-state index is -0.241. The summed E-state index contributed by atoms with van der Waals surface area (Å²) in [5.41, 5.74) is 0. The van der Waals surface area contributed by atoms with Gasteiger partial charge in [0.05, 0.1) is 0 Å². The molecule has 0 fully saturated rings. The first kappa shape index (κ1) is 30.3. The molecule has 0 spiro atoms. The summed E-state index contributed by atoms with van der Waals surface area (Å²) in [4.78, 5) is 13.7. The van der Waals surface area contributed by atoms with Crippen molar-refractivity contribution in [1.82, 2.24) is 19.9 Å². The van der Waals surface area contributed by atoms with Gasteiger partial charge in [-0.15, -0.1) is 0 Å². The van der Waals surface area contributed by atoms with Crippen molar-refractivity contribution in [1.29, 1.82) is 0 Å². The maximum Gasteiger partial charge on any atom is 2.00 e. The molecule has 112 valence electrons. The van der Waals surface area contributed by atoms with Crippen LogP contribution in [0.15, 0.2) is 37.2 Å². The number of rotatable bonds is 0. The van der Waals surface area contributed by atoms with E-state index in [1.807, 2.05) is 0 Å². The monoisotopic (exact) mass is 320 g/mol. The van der Waals surface area contributed by atoms with Crippen molar-refractivity contribution in [3.63, 3.8) is 0 Å². The fraction of sp³-hybridized carbons (Fsp3) is 0. The predicted molar refractivity (Wildman–Crippen MR) is 57.4 cm³/mol. The molecule has 0 atom stereocenters. The van der Waals surface area contributed by atoms with Crippen LogP contribution in [0.4, 0.5) is 0 Å². The van der Waals surface area contributed by atoms with Crippen LogP contribution in [0.5, 0.6) is 11.8 Å². The van der Waals surface area contributed by atoms with E-state index in [0.717, 1.165) is 0 Å². The Morgan fingerprint density at radius 1 is 0.684 bits per heavy atom.